The average molecular weight is 415 g/mol. The number of unbranched alkanes of at least 4 members (excludes halogenated alkanes) is 3. The molecule has 0 N–H and O–H groups in total. The van der Waals surface area contributed by atoms with Crippen LogP contribution in [-0.4, -0.2) is 40.1 Å². The highest BCUT2D eigenvalue weighted by Gasteiger charge is 2.41. The standard InChI is InChI=1S/C22H42O5Si/c1-17(23)27-20-15-14-18(16-26-28(6,7)22(2,3)4)19(20)12-10-8-9-11-13-21(24)25-5/h18-20H,8-16H2,1-7H3/t18-,19-,20+/m1/s1. The molecule has 1 rings (SSSR count). The molecular formula is C22H42O5Si. The van der Waals surface area contributed by atoms with E-state index in [-0.39, 0.29) is 23.1 Å². The van der Waals surface area contributed by atoms with Crippen molar-refractivity contribution in [3.05, 3.63) is 0 Å². The first kappa shape index (κ1) is 25.2. The maximum Gasteiger partial charge on any atom is 0.305 e. The number of hydrogen-bond acceptors (Lipinski definition) is 5. The highest BCUT2D eigenvalue weighted by molar-refractivity contribution is 6.74. The lowest BCUT2D eigenvalue weighted by molar-refractivity contribution is -0.148. The molecule has 0 saturated heterocycles. The van der Waals surface area contributed by atoms with Gasteiger partial charge in [-0.3, -0.25) is 9.59 Å². The van der Waals surface area contributed by atoms with E-state index in [0.717, 1.165) is 51.6 Å². The van der Waals surface area contributed by atoms with Gasteiger partial charge in [0, 0.05) is 25.9 Å². The van der Waals surface area contributed by atoms with Gasteiger partial charge in [-0.1, -0.05) is 40.0 Å². The van der Waals surface area contributed by atoms with Gasteiger partial charge >= 0.3 is 11.9 Å². The normalized spacial score (nSPS) is 22.9. The van der Waals surface area contributed by atoms with Gasteiger partial charge in [0.2, 0.25) is 0 Å². The number of methoxy groups -OCH3 is 1. The molecule has 1 aliphatic rings. The molecule has 0 aliphatic heterocycles. The lowest BCUT2D eigenvalue weighted by Gasteiger charge is -2.37. The van der Waals surface area contributed by atoms with Gasteiger partial charge in [-0.05, 0) is 49.7 Å². The fraction of sp³-hybridized carbons (Fsp3) is 0.909. The van der Waals surface area contributed by atoms with Gasteiger partial charge < -0.3 is 13.9 Å². The molecular weight excluding hydrogens is 372 g/mol. The Kier molecular flexibility index (Phi) is 10.2. The number of esters is 2. The molecule has 1 aliphatic carbocycles. The summed E-state index contributed by atoms with van der Waals surface area (Å²) >= 11 is 0. The Hall–Kier alpha value is -0.883. The summed E-state index contributed by atoms with van der Waals surface area (Å²) in [4.78, 5) is 22.7. The predicted molar refractivity (Wildman–Crippen MR) is 115 cm³/mol. The third-order valence-electron chi connectivity index (χ3n) is 6.58. The molecule has 0 bridgehead atoms. The van der Waals surface area contributed by atoms with Gasteiger partial charge in [0.25, 0.3) is 0 Å². The second-order valence-corrected chi connectivity index (χ2v) is 14.6. The average Bonchev–Trinajstić information content (AvgIpc) is 2.96. The van der Waals surface area contributed by atoms with Crippen molar-refractivity contribution in [3.8, 4) is 0 Å². The van der Waals surface area contributed by atoms with E-state index in [1.807, 2.05) is 0 Å². The lowest BCUT2D eigenvalue weighted by atomic mass is 9.89. The maximum absolute atomic E-state index is 11.5. The van der Waals surface area contributed by atoms with Gasteiger partial charge in [0.1, 0.15) is 6.10 Å². The summed E-state index contributed by atoms with van der Waals surface area (Å²) in [6.07, 6.45) is 7.70. The van der Waals surface area contributed by atoms with Crippen molar-refractivity contribution in [1.82, 2.24) is 0 Å². The van der Waals surface area contributed by atoms with Crippen molar-refractivity contribution < 1.29 is 23.5 Å². The number of ether oxygens (including phenoxy) is 2. The van der Waals surface area contributed by atoms with Crippen LogP contribution >= 0.6 is 0 Å². The van der Waals surface area contributed by atoms with Crippen molar-refractivity contribution in [3.63, 3.8) is 0 Å². The first-order chi connectivity index (χ1) is 13.0. The van der Waals surface area contributed by atoms with Gasteiger partial charge in [-0.15, -0.1) is 0 Å². The fourth-order valence-corrected chi connectivity index (χ4v) is 4.80. The number of carbonyl (C=O) groups is 2. The summed E-state index contributed by atoms with van der Waals surface area (Å²) in [5.74, 6) is 0.537. The molecule has 0 spiro atoms. The first-order valence-corrected chi connectivity index (χ1v) is 13.8. The molecule has 0 amide bonds. The zero-order valence-electron chi connectivity index (χ0n) is 19.1. The molecule has 0 heterocycles. The highest BCUT2D eigenvalue weighted by Crippen LogP contribution is 2.41. The molecule has 3 atom stereocenters. The monoisotopic (exact) mass is 414 g/mol. The molecule has 28 heavy (non-hydrogen) atoms. The van der Waals surface area contributed by atoms with E-state index in [4.69, 9.17) is 9.16 Å². The summed E-state index contributed by atoms with van der Waals surface area (Å²) in [5.41, 5.74) is 0. The Bertz CT molecular complexity index is 498. The van der Waals surface area contributed by atoms with E-state index < -0.39 is 8.32 Å². The van der Waals surface area contributed by atoms with Gasteiger partial charge in [0.15, 0.2) is 8.32 Å². The molecule has 6 heteroatoms. The molecule has 1 fully saturated rings. The fourth-order valence-electron chi connectivity index (χ4n) is 3.73. The maximum atomic E-state index is 11.5. The van der Waals surface area contributed by atoms with Crippen molar-refractivity contribution in [2.24, 2.45) is 11.8 Å². The van der Waals surface area contributed by atoms with Crippen LogP contribution < -0.4 is 0 Å². The first-order valence-electron chi connectivity index (χ1n) is 10.9. The summed E-state index contributed by atoms with van der Waals surface area (Å²) in [6.45, 7) is 13.7. The van der Waals surface area contributed by atoms with Crippen LogP contribution in [0.4, 0.5) is 0 Å². The van der Waals surface area contributed by atoms with Gasteiger partial charge in [-0.2, -0.15) is 0 Å². The molecule has 0 aromatic heterocycles. The summed E-state index contributed by atoms with van der Waals surface area (Å²) in [5, 5.41) is 0.204. The predicted octanol–water partition coefficient (Wildman–Crippen LogP) is 5.48. The van der Waals surface area contributed by atoms with Crippen LogP contribution in [0.2, 0.25) is 18.1 Å². The minimum Gasteiger partial charge on any atom is -0.469 e. The largest absolute Gasteiger partial charge is 0.469 e. The molecule has 5 nitrogen and oxygen atoms in total. The van der Waals surface area contributed by atoms with E-state index in [1.165, 1.54) is 14.0 Å². The van der Waals surface area contributed by atoms with E-state index in [0.29, 0.717) is 18.3 Å². The van der Waals surface area contributed by atoms with Crippen LogP contribution in [0, 0.1) is 11.8 Å². The van der Waals surface area contributed by atoms with Crippen molar-refractivity contribution in [2.75, 3.05) is 13.7 Å². The van der Waals surface area contributed by atoms with E-state index >= 15 is 0 Å². The molecule has 0 aromatic carbocycles. The Morgan fingerprint density at radius 2 is 1.68 bits per heavy atom. The van der Waals surface area contributed by atoms with Crippen molar-refractivity contribution >= 4 is 20.3 Å². The molecule has 0 unspecified atom stereocenters. The topological polar surface area (TPSA) is 61.8 Å². The van der Waals surface area contributed by atoms with Crippen LogP contribution in [0.15, 0.2) is 0 Å². The molecule has 0 radical (unpaired) electrons. The Morgan fingerprint density at radius 3 is 2.25 bits per heavy atom. The zero-order valence-corrected chi connectivity index (χ0v) is 20.1. The third kappa shape index (κ3) is 8.24. The van der Waals surface area contributed by atoms with Crippen molar-refractivity contribution in [2.45, 2.75) is 103 Å². The third-order valence-corrected chi connectivity index (χ3v) is 11.1. The Morgan fingerprint density at radius 1 is 1.04 bits per heavy atom. The molecule has 164 valence electrons. The molecule has 1 saturated carbocycles. The summed E-state index contributed by atoms with van der Waals surface area (Å²) < 4.78 is 16.8. The number of rotatable bonds is 11. The van der Waals surface area contributed by atoms with Crippen LogP contribution in [0.1, 0.15) is 79.1 Å². The second-order valence-electron chi connectivity index (χ2n) is 9.75. The summed E-state index contributed by atoms with van der Waals surface area (Å²) in [7, 11) is -0.337. The minimum atomic E-state index is -1.77. The quantitative estimate of drug-likeness (QED) is 0.254. The minimum absolute atomic E-state index is 0.0283. The number of hydrogen-bond donors (Lipinski definition) is 0. The number of carbonyl (C=O) groups excluding carboxylic acids is 2. The highest BCUT2D eigenvalue weighted by atomic mass is 28.4. The van der Waals surface area contributed by atoms with Crippen LogP contribution in [-0.2, 0) is 23.5 Å². The van der Waals surface area contributed by atoms with E-state index in [1.54, 1.807) is 0 Å². The van der Waals surface area contributed by atoms with Crippen LogP contribution in [0.5, 0.6) is 0 Å². The van der Waals surface area contributed by atoms with Crippen LogP contribution in [0.25, 0.3) is 0 Å². The van der Waals surface area contributed by atoms with Crippen LogP contribution in [0.3, 0.4) is 0 Å². The van der Waals surface area contributed by atoms with Crippen molar-refractivity contribution in [1.29, 1.82) is 0 Å². The second kappa shape index (κ2) is 11.3. The Balaban J connectivity index is 2.53. The van der Waals surface area contributed by atoms with Gasteiger partial charge in [0.05, 0.1) is 7.11 Å². The lowest BCUT2D eigenvalue weighted by Crippen LogP contribution is -2.42. The Labute approximate surface area is 173 Å². The van der Waals surface area contributed by atoms with Gasteiger partial charge in [-0.25, -0.2) is 0 Å². The smallest absolute Gasteiger partial charge is 0.305 e. The zero-order chi connectivity index (χ0) is 21.4. The van der Waals surface area contributed by atoms with E-state index in [2.05, 4.69) is 38.6 Å². The molecule has 0 aromatic rings. The summed E-state index contributed by atoms with van der Waals surface area (Å²) in [6, 6.07) is 0. The SMILES string of the molecule is COC(=O)CCCCCC[C@@H]1[C@@H](CO[Si](C)(C)C(C)(C)C)CC[C@@H]1OC(C)=O. The van der Waals surface area contributed by atoms with E-state index in [9.17, 15) is 9.59 Å².